The molecule has 0 N–H and O–H groups in total. The zero-order valence-electron chi connectivity index (χ0n) is 12.9. The topological polar surface area (TPSA) is 38.9 Å². The zero-order valence-corrected chi connectivity index (χ0v) is 12.9. The summed E-state index contributed by atoms with van der Waals surface area (Å²) >= 11 is 0. The molecule has 1 aliphatic rings. The van der Waals surface area contributed by atoms with E-state index in [1.807, 2.05) is 29.3 Å². The lowest BCUT2D eigenvalue weighted by molar-refractivity contribution is 0.158. The van der Waals surface area contributed by atoms with Gasteiger partial charge in [0.25, 0.3) is 0 Å². The lowest BCUT2D eigenvalue weighted by Gasteiger charge is -2.33. The second-order valence-electron chi connectivity index (χ2n) is 6.06. The molecule has 1 fully saturated rings. The Hall–Kier alpha value is -1.62. The largest absolute Gasteiger partial charge is 0.335 e. The molecular weight excluding hydrogens is 262 g/mol. The molecule has 3 rings (SSSR count). The number of likely N-dealkylation sites (tertiary alicyclic amines) is 1. The fourth-order valence-corrected chi connectivity index (χ4v) is 3.27. The zero-order chi connectivity index (χ0) is 14.5. The van der Waals surface area contributed by atoms with Crippen LogP contribution in [0.2, 0.25) is 0 Å². The average Bonchev–Trinajstić information content (AvgIpc) is 3.12. The van der Waals surface area contributed by atoms with Gasteiger partial charge >= 0.3 is 0 Å². The standard InChI is InChI=1S/C16H25N5/c1-15-17-7-12-20(15)14-16-5-2-8-19(13-16)9-4-11-21-10-3-6-18-21/h3,6-7,10,12,16H,2,4-5,8-9,11,13-14H2,1H3. The number of hydrogen-bond donors (Lipinski definition) is 0. The van der Waals surface area contributed by atoms with Crippen molar-refractivity contribution in [1.82, 2.24) is 24.2 Å². The predicted octanol–water partition coefficient (Wildman–Crippen LogP) is 2.19. The normalized spacial score (nSPS) is 20.0. The van der Waals surface area contributed by atoms with E-state index in [1.165, 1.54) is 38.9 Å². The molecule has 0 spiro atoms. The summed E-state index contributed by atoms with van der Waals surface area (Å²) in [5.41, 5.74) is 0. The first kappa shape index (κ1) is 14.3. The molecule has 5 heteroatoms. The van der Waals surface area contributed by atoms with Crippen LogP contribution in [-0.4, -0.2) is 43.9 Å². The number of rotatable bonds is 6. The van der Waals surface area contributed by atoms with Gasteiger partial charge < -0.3 is 9.47 Å². The van der Waals surface area contributed by atoms with Crippen molar-refractivity contribution in [1.29, 1.82) is 0 Å². The lowest BCUT2D eigenvalue weighted by Crippen LogP contribution is -2.38. The third-order valence-corrected chi connectivity index (χ3v) is 4.40. The number of aromatic nitrogens is 4. The quantitative estimate of drug-likeness (QED) is 0.817. The SMILES string of the molecule is Cc1nccn1CC1CCCN(CCCn2cccn2)C1. The Labute approximate surface area is 126 Å². The van der Waals surface area contributed by atoms with Gasteiger partial charge in [-0.2, -0.15) is 5.10 Å². The minimum Gasteiger partial charge on any atom is -0.335 e. The summed E-state index contributed by atoms with van der Waals surface area (Å²) in [6.07, 6.45) is 11.7. The first-order chi connectivity index (χ1) is 10.3. The van der Waals surface area contributed by atoms with Crippen LogP contribution in [0.5, 0.6) is 0 Å². The van der Waals surface area contributed by atoms with E-state index >= 15 is 0 Å². The van der Waals surface area contributed by atoms with Gasteiger partial charge in [0.15, 0.2) is 0 Å². The Balaban J connectivity index is 1.43. The minimum atomic E-state index is 0.761. The first-order valence-corrected chi connectivity index (χ1v) is 7.99. The van der Waals surface area contributed by atoms with Crippen LogP contribution in [0, 0.1) is 12.8 Å². The van der Waals surface area contributed by atoms with E-state index in [0.717, 1.165) is 24.8 Å². The van der Waals surface area contributed by atoms with Crippen LogP contribution >= 0.6 is 0 Å². The summed E-state index contributed by atoms with van der Waals surface area (Å²) in [4.78, 5) is 6.93. The molecule has 1 saturated heterocycles. The molecule has 2 aromatic heterocycles. The van der Waals surface area contributed by atoms with Crippen molar-refractivity contribution in [3.8, 4) is 0 Å². The van der Waals surface area contributed by atoms with Crippen LogP contribution in [0.3, 0.4) is 0 Å². The Morgan fingerprint density at radius 3 is 2.95 bits per heavy atom. The summed E-state index contributed by atoms with van der Waals surface area (Å²) in [5.74, 6) is 1.89. The van der Waals surface area contributed by atoms with Gasteiger partial charge in [-0.1, -0.05) is 0 Å². The maximum absolute atomic E-state index is 4.32. The lowest BCUT2D eigenvalue weighted by atomic mass is 9.97. The predicted molar refractivity (Wildman–Crippen MR) is 83.0 cm³/mol. The summed E-state index contributed by atoms with van der Waals surface area (Å²) in [6, 6.07) is 1.99. The smallest absolute Gasteiger partial charge is 0.105 e. The highest BCUT2D eigenvalue weighted by Gasteiger charge is 2.20. The highest BCUT2D eigenvalue weighted by molar-refractivity contribution is 4.89. The fraction of sp³-hybridized carbons (Fsp3) is 0.625. The molecule has 1 unspecified atom stereocenters. The van der Waals surface area contributed by atoms with E-state index in [0.29, 0.717) is 0 Å². The molecule has 0 aromatic carbocycles. The monoisotopic (exact) mass is 287 g/mol. The summed E-state index contributed by atoms with van der Waals surface area (Å²) < 4.78 is 4.31. The summed E-state index contributed by atoms with van der Waals surface area (Å²) in [7, 11) is 0. The molecular formula is C16H25N5. The molecule has 1 aliphatic heterocycles. The second-order valence-corrected chi connectivity index (χ2v) is 6.06. The van der Waals surface area contributed by atoms with E-state index in [2.05, 4.69) is 32.7 Å². The molecule has 0 amide bonds. The molecule has 114 valence electrons. The van der Waals surface area contributed by atoms with Gasteiger partial charge in [-0.05, 0) is 51.3 Å². The van der Waals surface area contributed by atoms with E-state index in [9.17, 15) is 0 Å². The Kier molecular flexibility index (Phi) is 4.70. The number of nitrogens with zero attached hydrogens (tertiary/aromatic N) is 5. The van der Waals surface area contributed by atoms with E-state index < -0.39 is 0 Å². The highest BCUT2D eigenvalue weighted by Crippen LogP contribution is 2.19. The molecule has 21 heavy (non-hydrogen) atoms. The third kappa shape index (κ3) is 3.94. The van der Waals surface area contributed by atoms with Crippen molar-refractivity contribution in [3.05, 3.63) is 36.7 Å². The molecule has 0 aliphatic carbocycles. The molecule has 3 heterocycles. The van der Waals surface area contributed by atoms with Crippen molar-refractivity contribution in [2.45, 2.75) is 39.3 Å². The fourth-order valence-electron chi connectivity index (χ4n) is 3.27. The molecule has 0 radical (unpaired) electrons. The Morgan fingerprint density at radius 1 is 1.24 bits per heavy atom. The van der Waals surface area contributed by atoms with Crippen LogP contribution in [0.25, 0.3) is 0 Å². The van der Waals surface area contributed by atoms with Gasteiger partial charge in [0.2, 0.25) is 0 Å². The second kappa shape index (κ2) is 6.89. The van der Waals surface area contributed by atoms with Gasteiger partial charge in [-0.15, -0.1) is 0 Å². The van der Waals surface area contributed by atoms with Crippen LogP contribution in [0.1, 0.15) is 25.1 Å². The number of hydrogen-bond acceptors (Lipinski definition) is 3. The third-order valence-electron chi connectivity index (χ3n) is 4.40. The summed E-state index contributed by atoms with van der Waals surface area (Å²) in [5, 5.41) is 4.26. The van der Waals surface area contributed by atoms with Crippen molar-refractivity contribution >= 4 is 0 Å². The van der Waals surface area contributed by atoms with Gasteiger partial charge in [0.1, 0.15) is 5.82 Å². The highest BCUT2D eigenvalue weighted by atomic mass is 15.3. The molecule has 1 atom stereocenters. The average molecular weight is 287 g/mol. The van der Waals surface area contributed by atoms with Crippen molar-refractivity contribution < 1.29 is 0 Å². The molecule has 5 nitrogen and oxygen atoms in total. The van der Waals surface area contributed by atoms with Gasteiger partial charge in [0.05, 0.1) is 0 Å². The molecule has 0 saturated carbocycles. The number of imidazole rings is 1. The van der Waals surface area contributed by atoms with Crippen molar-refractivity contribution in [2.24, 2.45) is 5.92 Å². The maximum Gasteiger partial charge on any atom is 0.105 e. The van der Waals surface area contributed by atoms with Crippen LogP contribution in [-0.2, 0) is 13.1 Å². The first-order valence-electron chi connectivity index (χ1n) is 7.99. The Morgan fingerprint density at radius 2 is 2.19 bits per heavy atom. The molecule has 0 bridgehead atoms. The molecule has 2 aromatic rings. The van der Waals surface area contributed by atoms with Gasteiger partial charge in [0, 0.05) is 44.4 Å². The van der Waals surface area contributed by atoms with Crippen LogP contribution < -0.4 is 0 Å². The van der Waals surface area contributed by atoms with Gasteiger partial charge in [-0.3, -0.25) is 4.68 Å². The minimum absolute atomic E-state index is 0.761. The van der Waals surface area contributed by atoms with E-state index in [4.69, 9.17) is 0 Å². The number of piperidine rings is 1. The van der Waals surface area contributed by atoms with E-state index in [1.54, 1.807) is 0 Å². The van der Waals surface area contributed by atoms with Crippen molar-refractivity contribution in [3.63, 3.8) is 0 Å². The van der Waals surface area contributed by atoms with Crippen LogP contribution in [0.15, 0.2) is 30.9 Å². The van der Waals surface area contributed by atoms with E-state index in [-0.39, 0.29) is 0 Å². The van der Waals surface area contributed by atoms with Gasteiger partial charge in [-0.25, -0.2) is 4.98 Å². The van der Waals surface area contributed by atoms with Crippen LogP contribution in [0.4, 0.5) is 0 Å². The Bertz CT molecular complexity index is 531. The number of aryl methyl sites for hydroxylation is 2. The summed E-state index contributed by atoms with van der Waals surface area (Å²) in [6.45, 7) is 7.87. The van der Waals surface area contributed by atoms with Crippen molar-refractivity contribution in [2.75, 3.05) is 19.6 Å². The maximum atomic E-state index is 4.32.